The van der Waals surface area contributed by atoms with Crippen molar-refractivity contribution >= 4 is 22.0 Å². The molecule has 0 atom stereocenters. The topological polar surface area (TPSA) is 98.5 Å². The number of amides is 1. The van der Waals surface area contributed by atoms with E-state index >= 15 is 0 Å². The fourth-order valence-electron chi connectivity index (χ4n) is 2.37. The van der Waals surface area contributed by atoms with Crippen molar-refractivity contribution in [3.05, 3.63) is 65.7 Å². The molecule has 0 aliphatic carbocycles. The van der Waals surface area contributed by atoms with Crippen LogP contribution in [0.3, 0.4) is 0 Å². The molecular weight excluding hydrogens is 364 g/mol. The van der Waals surface area contributed by atoms with Crippen molar-refractivity contribution in [2.75, 3.05) is 6.54 Å². The Hall–Kier alpha value is -2.64. The van der Waals surface area contributed by atoms with E-state index in [9.17, 15) is 13.2 Å². The van der Waals surface area contributed by atoms with E-state index in [0.29, 0.717) is 13.0 Å². The van der Waals surface area contributed by atoms with Crippen molar-refractivity contribution in [3.8, 4) is 5.75 Å². The van der Waals surface area contributed by atoms with E-state index in [1.165, 1.54) is 18.2 Å². The smallest absolute Gasteiger partial charge is 0.244 e. The van der Waals surface area contributed by atoms with Crippen molar-refractivity contribution in [1.82, 2.24) is 5.32 Å². The minimum Gasteiger partial charge on any atom is -0.491 e. The molecule has 7 heteroatoms. The highest BCUT2D eigenvalue weighted by molar-refractivity contribution is 7.89. The molecule has 0 aliphatic rings. The van der Waals surface area contributed by atoms with Crippen LogP contribution in [0.4, 0.5) is 0 Å². The summed E-state index contributed by atoms with van der Waals surface area (Å²) in [4.78, 5) is 12.0. The minimum absolute atomic E-state index is 0.0712. The summed E-state index contributed by atoms with van der Waals surface area (Å²) in [6.45, 7) is 4.35. The maximum Gasteiger partial charge on any atom is 0.244 e. The van der Waals surface area contributed by atoms with Gasteiger partial charge in [-0.2, -0.15) is 0 Å². The lowest BCUT2D eigenvalue weighted by Gasteiger charge is -2.09. The van der Waals surface area contributed by atoms with Gasteiger partial charge in [0.2, 0.25) is 15.9 Å². The van der Waals surface area contributed by atoms with Crippen LogP contribution in [0.2, 0.25) is 0 Å². The summed E-state index contributed by atoms with van der Waals surface area (Å²) in [6, 6.07) is 13.8. The van der Waals surface area contributed by atoms with Gasteiger partial charge in [0.25, 0.3) is 0 Å². The van der Waals surface area contributed by atoms with Gasteiger partial charge in [0, 0.05) is 12.6 Å². The number of nitrogens with one attached hydrogen (secondary N) is 1. The van der Waals surface area contributed by atoms with Crippen LogP contribution < -0.4 is 15.2 Å². The van der Waals surface area contributed by atoms with Crippen molar-refractivity contribution in [2.45, 2.75) is 31.3 Å². The number of hydrogen-bond donors (Lipinski definition) is 2. The van der Waals surface area contributed by atoms with Gasteiger partial charge >= 0.3 is 0 Å². The van der Waals surface area contributed by atoms with Gasteiger partial charge in [0.15, 0.2) is 0 Å². The number of ether oxygens (including phenoxy) is 1. The molecule has 144 valence electrons. The Labute approximate surface area is 160 Å². The molecule has 0 heterocycles. The summed E-state index contributed by atoms with van der Waals surface area (Å²) >= 11 is 0. The molecule has 0 aliphatic heterocycles. The Morgan fingerprint density at radius 3 is 2.52 bits per heavy atom. The highest BCUT2D eigenvalue weighted by Crippen LogP contribution is 2.16. The Morgan fingerprint density at radius 1 is 1.19 bits per heavy atom. The highest BCUT2D eigenvalue weighted by atomic mass is 32.2. The lowest BCUT2D eigenvalue weighted by Crippen LogP contribution is -2.23. The Balaban J connectivity index is 1.83. The van der Waals surface area contributed by atoms with Crippen molar-refractivity contribution in [1.29, 1.82) is 0 Å². The van der Waals surface area contributed by atoms with E-state index in [0.717, 1.165) is 16.9 Å². The van der Waals surface area contributed by atoms with Crippen LogP contribution in [0.15, 0.2) is 59.5 Å². The fourth-order valence-corrected chi connectivity index (χ4v) is 2.89. The molecule has 2 aromatic carbocycles. The van der Waals surface area contributed by atoms with Gasteiger partial charge in [-0.25, -0.2) is 13.6 Å². The van der Waals surface area contributed by atoms with Gasteiger partial charge in [-0.3, -0.25) is 4.79 Å². The number of rotatable bonds is 8. The predicted octanol–water partition coefficient (Wildman–Crippen LogP) is 2.49. The van der Waals surface area contributed by atoms with Gasteiger partial charge < -0.3 is 10.1 Å². The van der Waals surface area contributed by atoms with Gasteiger partial charge in [0.1, 0.15) is 5.75 Å². The van der Waals surface area contributed by atoms with E-state index in [1.807, 2.05) is 38.1 Å². The summed E-state index contributed by atoms with van der Waals surface area (Å²) < 4.78 is 28.1. The van der Waals surface area contributed by atoms with Crippen LogP contribution >= 0.6 is 0 Å². The molecule has 6 nitrogen and oxygen atoms in total. The van der Waals surface area contributed by atoms with Gasteiger partial charge in [-0.1, -0.05) is 24.3 Å². The quantitative estimate of drug-likeness (QED) is 0.679. The summed E-state index contributed by atoms with van der Waals surface area (Å²) in [6.07, 6.45) is 3.87. The maximum atomic E-state index is 11.9. The predicted molar refractivity (Wildman–Crippen MR) is 106 cm³/mol. The SMILES string of the molecule is CC(C)Oc1cccc(/C=C/C(=O)NCCc2ccc(S(N)(=O)=O)cc2)c1. The fraction of sp³-hybridized carbons (Fsp3) is 0.250. The molecule has 0 bridgehead atoms. The Morgan fingerprint density at radius 2 is 1.89 bits per heavy atom. The lowest BCUT2D eigenvalue weighted by molar-refractivity contribution is -0.116. The van der Waals surface area contributed by atoms with Crippen molar-refractivity contribution in [2.24, 2.45) is 5.14 Å². The number of sulfonamides is 1. The zero-order valence-electron chi connectivity index (χ0n) is 15.4. The summed E-state index contributed by atoms with van der Waals surface area (Å²) in [5.74, 6) is 0.557. The molecule has 2 aromatic rings. The average molecular weight is 388 g/mol. The van der Waals surface area contributed by atoms with Crippen LogP contribution in [-0.4, -0.2) is 27.0 Å². The summed E-state index contributed by atoms with van der Waals surface area (Å²) in [5, 5.41) is 7.85. The van der Waals surface area contributed by atoms with E-state index in [2.05, 4.69) is 5.32 Å². The Bertz CT molecular complexity index is 904. The van der Waals surface area contributed by atoms with Crippen LogP contribution in [0.5, 0.6) is 5.75 Å². The lowest BCUT2D eigenvalue weighted by atomic mass is 10.1. The third-order valence-electron chi connectivity index (χ3n) is 3.62. The highest BCUT2D eigenvalue weighted by Gasteiger charge is 2.06. The summed E-state index contributed by atoms with van der Waals surface area (Å²) in [5.41, 5.74) is 1.78. The van der Waals surface area contributed by atoms with E-state index < -0.39 is 10.0 Å². The van der Waals surface area contributed by atoms with Crippen LogP contribution in [0.1, 0.15) is 25.0 Å². The number of primary sulfonamides is 1. The monoisotopic (exact) mass is 388 g/mol. The molecule has 0 aromatic heterocycles. The van der Waals surface area contributed by atoms with E-state index in [-0.39, 0.29) is 16.9 Å². The number of carbonyl (C=O) groups is 1. The first-order valence-electron chi connectivity index (χ1n) is 8.58. The Kier molecular flexibility index (Phi) is 7.15. The zero-order chi connectivity index (χ0) is 19.9. The first-order chi connectivity index (χ1) is 12.7. The second-order valence-electron chi connectivity index (χ2n) is 6.30. The third kappa shape index (κ3) is 7.24. The van der Waals surface area contributed by atoms with Gasteiger partial charge in [-0.15, -0.1) is 0 Å². The van der Waals surface area contributed by atoms with E-state index in [1.54, 1.807) is 18.2 Å². The second kappa shape index (κ2) is 9.34. The van der Waals surface area contributed by atoms with Crippen LogP contribution in [0, 0.1) is 0 Å². The molecule has 0 unspecified atom stereocenters. The maximum absolute atomic E-state index is 11.9. The number of hydrogen-bond acceptors (Lipinski definition) is 4. The van der Waals surface area contributed by atoms with E-state index in [4.69, 9.17) is 9.88 Å². The number of benzene rings is 2. The molecule has 27 heavy (non-hydrogen) atoms. The average Bonchev–Trinajstić information content (AvgIpc) is 2.59. The molecule has 0 saturated carbocycles. The third-order valence-corrected chi connectivity index (χ3v) is 4.55. The van der Waals surface area contributed by atoms with Crippen molar-refractivity contribution in [3.63, 3.8) is 0 Å². The molecular formula is C20H24N2O4S. The molecule has 0 saturated heterocycles. The van der Waals surface area contributed by atoms with Crippen LogP contribution in [-0.2, 0) is 21.2 Å². The molecule has 0 radical (unpaired) electrons. The molecule has 2 rings (SSSR count). The van der Waals surface area contributed by atoms with Gasteiger partial charge in [-0.05, 0) is 61.7 Å². The molecule has 3 N–H and O–H groups in total. The standard InChI is InChI=1S/C20H24N2O4S/c1-15(2)26-18-5-3-4-17(14-18)8-11-20(23)22-13-12-16-6-9-19(10-7-16)27(21,24)25/h3-11,14-15H,12-13H2,1-2H3,(H,22,23)(H2,21,24,25)/b11-8+. The second-order valence-corrected chi connectivity index (χ2v) is 7.86. The normalized spacial score (nSPS) is 11.7. The van der Waals surface area contributed by atoms with Crippen molar-refractivity contribution < 1.29 is 17.9 Å². The molecule has 0 fully saturated rings. The number of nitrogens with two attached hydrogens (primary N) is 1. The van der Waals surface area contributed by atoms with Gasteiger partial charge in [0.05, 0.1) is 11.0 Å². The number of carbonyl (C=O) groups excluding carboxylic acids is 1. The zero-order valence-corrected chi connectivity index (χ0v) is 16.2. The first kappa shape index (κ1) is 20.7. The van der Waals surface area contributed by atoms with Crippen LogP contribution in [0.25, 0.3) is 6.08 Å². The molecule has 1 amide bonds. The largest absolute Gasteiger partial charge is 0.491 e. The molecule has 0 spiro atoms. The summed E-state index contributed by atoms with van der Waals surface area (Å²) in [7, 11) is -3.69. The minimum atomic E-state index is -3.69. The first-order valence-corrected chi connectivity index (χ1v) is 10.1.